The van der Waals surface area contributed by atoms with Gasteiger partial charge < -0.3 is 5.32 Å². The van der Waals surface area contributed by atoms with Gasteiger partial charge in [0.05, 0.1) is 11.7 Å². The van der Waals surface area contributed by atoms with Gasteiger partial charge in [0.1, 0.15) is 0 Å². The van der Waals surface area contributed by atoms with Gasteiger partial charge in [0.25, 0.3) is 0 Å². The van der Waals surface area contributed by atoms with Crippen molar-refractivity contribution in [1.29, 1.82) is 0 Å². The zero-order valence-corrected chi connectivity index (χ0v) is 11.1. The predicted octanol–water partition coefficient (Wildman–Crippen LogP) is 3.44. The molecule has 1 atom stereocenters. The molecule has 0 amide bonds. The molecule has 0 spiro atoms. The minimum absolute atomic E-state index is 0.218. The molecule has 1 heterocycles. The van der Waals surface area contributed by atoms with Crippen LogP contribution in [0.5, 0.6) is 0 Å². The molecule has 1 rings (SSSR count). The van der Waals surface area contributed by atoms with Crippen molar-refractivity contribution in [1.82, 2.24) is 10.3 Å². The van der Waals surface area contributed by atoms with Crippen molar-refractivity contribution in [3.8, 4) is 0 Å². The maximum absolute atomic E-state index is 4.36. The lowest BCUT2D eigenvalue weighted by molar-refractivity contribution is 0.584. The van der Waals surface area contributed by atoms with Crippen molar-refractivity contribution in [3.63, 3.8) is 0 Å². The molecule has 0 saturated carbocycles. The smallest absolute Gasteiger partial charge is 0.0718 e. The van der Waals surface area contributed by atoms with Gasteiger partial charge >= 0.3 is 0 Å². The number of rotatable bonds is 4. The molecular weight excluding hydrogens is 308 g/mol. The van der Waals surface area contributed by atoms with Crippen molar-refractivity contribution in [2.45, 2.75) is 12.5 Å². The standard InChI is InChI=1S/C10H12Br2N2/c1-3-4-9(13-2)10-8(12)5-7(11)6-14-10/h3,5-6,9,13H,1,4H2,2H3. The maximum atomic E-state index is 4.36. The SMILES string of the molecule is C=CCC(NC)c1ncc(Br)cc1Br. The van der Waals surface area contributed by atoms with Crippen LogP contribution in [0.25, 0.3) is 0 Å². The zero-order chi connectivity index (χ0) is 10.6. The molecule has 0 aromatic carbocycles. The molecule has 0 aliphatic heterocycles. The number of nitrogens with zero attached hydrogens (tertiary/aromatic N) is 1. The normalized spacial score (nSPS) is 12.5. The van der Waals surface area contributed by atoms with Crippen LogP contribution in [0.2, 0.25) is 0 Å². The van der Waals surface area contributed by atoms with E-state index in [2.05, 4.69) is 48.7 Å². The van der Waals surface area contributed by atoms with Crippen LogP contribution in [0.15, 0.2) is 33.9 Å². The van der Waals surface area contributed by atoms with Crippen molar-refractivity contribution in [2.24, 2.45) is 0 Å². The van der Waals surface area contributed by atoms with E-state index in [-0.39, 0.29) is 6.04 Å². The maximum Gasteiger partial charge on any atom is 0.0718 e. The van der Waals surface area contributed by atoms with Crippen molar-refractivity contribution < 1.29 is 0 Å². The first-order chi connectivity index (χ1) is 6.69. The van der Waals surface area contributed by atoms with Crippen LogP contribution >= 0.6 is 31.9 Å². The Morgan fingerprint density at radius 2 is 2.36 bits per heavy atom. The molecule has 0 radical (unpaired) electrons. The summed E-state index contributed by atoms with van der Waals surface area (Å²) in [4.78, 5) is 4.36. The fourth-order valence-corrected chi connectivity index (χ4v) is 2.48. The Morgan fingerprint density at radius 1 is 1.64 bits per heavy atom. The third-order valence-electron chi connectivity index (χ3n) is 1.92. The van der Waals surface area contributed by atoms with Gasteiger partial charge in [0.2, 0.25) is 0 Å². The summed E-state index contributed by atoms with van der Waals surface area (Å²) in [6.07, 6.45) is 4.55. The minimum atomic E-state index is 0.218. The fraction of sp³-hybridized carbons (Fsp3) is 0.300. The highest BCUT2D eigenvalue weighted by molar-refractivity contribution is 9.11. The quantitative estimate of drug-likeness (QED) is 0.860. The van der Waals surface area contributed by atoms with E-state index in [9.17, 15) is 0 Å². The third kappa shape index (κ3) is 2.90. The summed E-state index contributed by atoms with van der Waals surface area (Å²) in [7, 11) is 1.92. The Morgan fingerprint density at radius 3 is 2.86 bits per heavy atom. The van der Waals surface area contributed by atoms with Crippen LogP contribution in [-0.2, 0) is 0 Å². The van der Waals surface area contributed by atoms with Gasteiger partial charge in [-0.3, -0.25) is 4.98 Å². The molecule has 0 saturated heterocycles. The van der Waals surface area contributed by atoms with E-state index in [1.165, 1.54) is 0 Å². The van der Waals surface area contributed by atoms with Gasteiger partial charge in [0.15, 0.2) is 0 Å². The van der Waals surface area contributed by atoms with Gasteiger partial charge in [-0.15, -0.1) is 6.58 Å². The van der Waals surface area contributed by atoms with Crippen molar-refractivity contribution in [2.75, 3.05) is 7.05 Å². The van der Waals surface area contributed by atoms with Crippen LogP contribution < -0.4 is 5.32 Å². The number of aromatic nitrogens is 1. The summed E-state index contributed by atoms with van der Waals surface area (Å²) in [6, 6.07) is 2.21. The summed E-state index contributed by atoms with van der Waals surface area (Å²) < 4.78 is 1.98. The number of pyridine rings is 1. The van der Waals surface area contributed by atoms with Crippen molar-refractivity contribution >= 4 is 31.9 Å². The third-order valence-corrected chi connectivity index (χ3v) is 2.99. The second kappa shape index (κ2) is 5.63. The number of halogens is 2. The zero-order valence-electron chi connectivity index (χ0n) is 7.93. The second-order valence-electron chi connectivity index (χ2n) is 2.89. The summed E-state index contributed by atoms with van der Waals surface area (Å²) in [5.74, 6) is 0. The van der Waals surface area contributed by atoms with Crippen molar-refractivity contribution in [3.05, 3.63) is 39.6 Å². The molecule has 14 heavy (non-hydrogen) atoms. The van der Waals surface area contributed by atoms with Gasteiger partial charge in [0, 0.05) is 15.1 Å². The summed E-state index contributed by atoms with van der Waals surface area (Å²) in [5.41, 5.74) is 1.01. The van der Waals surface area contributed by atoms with Gasteiger partial charge in [-0.05, 0) is 51.4 Å². The lowest BCUT2D eigenvalue weighted by Gasteiger charge is -2.14. The number of hydrogen-bond acceptors (Lipinski definition) is 2. The Balaban J connectivity index is 2.97. The molecule has 0 aliphatic rings. The first-order valence-electron chi connectivity index (χ1n) is 4.28. The Kier molecular flexibility index (Phi) is 4.78. The van der Waals surface area contributed by atoms with Gasteiger partial charge in [-0.1, -0.05) is 6.08 Å². The largest absolute Gasteiger partial charge is 0.311 e. The summed E-state index contributed by atoms with van der Waals surface area (Å²) >= 11 is 6.86. The van der Waals surface area contributed by atoms with E-state index in [0.717, 1.165) is 21.1 Å². The lowest BCUT2D eigenvalue weighted by atomic mass is 10.1. The van der Waals surface area contributed by atoms with Crippen LogP contribution in [0.3, 0.4) is 0 Å². The molecule has 0 aliphatic carbocycles. The Labute approximate surface area is 101 Å². The molecule has 1 aromatic heterocycles. The van der Waals surface area contributed by atoms with E-state index < -0.39 is 0 Å². The summed E-state index contributed by atoms with van der Waals surface area (Å²) in [6.45, 7) is 3.73. The molecule has 1 N–H and O–H groups in total. The highest BCUT2D eigenvalue weighted by Crippen LogP contribution is 2.26. The van der Waals surface area contributed by atoms with Crippen LogP contribution in [0, 0.1) is 0 Å². The van der Waals surface area contributed by atoms with Crippen LogP contribution in [0.4, 0.5) is 0 Å². The lowest BCUT2D eigenvalue weighted by Crippen LogP contribution is -2.17. The molecule has 2 nitrogen and oxygen atoms in total. The van der Waals surface area contributed by atoms with E-state index in [1.54, 1.807) is 6.20 Å². The van der Waals surface area contributed by atoms with E-state index in [0.29, 0.717) is 0 Å². The van der Waals surface area contributed by atoms with Gasteiger partial charge in [-0.2, -0.15) is 0 Å². The van der Waals surface area contributed by atoms with Gasteiger partial charge in [-0.25, -0.2) is 0 Å². The summed E-state index contributed by atoms with van der Waals surface area (Å²) in [5, 5.41) is 3.20. The average molecular weight is 320 g/mol. The average Bonchev–Trinajstić information content (AvgIpc) is 2.15. The molecule has 4 heteroatoms. The molecule has 76 valence electrons. The Bertz CT molecular complexity index is 326. The predicted molar refractivity (Wildman–Crippen MR) is 66.3 cm³/mol. The van der Waals surface area contributed by atoms with E-state index >= 15 is 0 Å². The van der Waals surface area contributed by atoms with Crippen LogP contribution in [0.1, 0.15) is 18.2 Å². The minimum Gasteiger partial charge on any atom is -0.311 e. The molecule has 1 aromatic rings. The molecule has 0 bridgehead atoms. The fourth-order valence-electron chi connectivity index (χ4n) is 1.21. The highest BCUT2D eigenvalue weighted by atomic mass is 79.9. The second-order valence-corrected chi connectivity index (χ2v) is 4.66. The Hall–Kier alpha value is -0.190. The highest BCUT2D eigenvalue weighted by Gasteiger charge is 2.12. The first kappa shape index (κ1) is 11.9. The topological polar surface area (TPSA) is 24.9 Å². The monoisotopic (exact) mass is 318 g/mol. The molecule has 0 fully saturated rings. The molecule has 1 unspecified atom stereocenters. The number of nitrogens with one attached hydrogen (secondary N) is 1. The first-order valence-corrected chi connectivity index (χ1v) is 5.86. The van der Waals surface area contributed by atoms with Crippen LogP contribution in [-0.4, -0.2) is 12.0 Å². The molecular formula is C10H12Br2N2. The van der Waals surface area contributed by atoms with E-state index in [1.807, 2.05) is 19.2 Å². The van der Waals surface area contributed by atoms with E-state index in [4.69, 9.17) is 0 Å². The number of hydrogen-bond donors (Lipinski definition) is 1.